The van der Waals surface area contributed by atoms with E-state index in [1.165, 1.54) is 0 Å². The highest BCUT2D eigenvalue weighted by molar-refractivity contribution is 9.09. The van der Waals surface area contributed by atoms with Crippen LogP contribution in [-0.2, 0) is 33.2 Å². The van der Waals surface area contributed by atoms with Gasteiger partial charge in [0.15, 0.2) is 0 Å². The molecule has 8 heteroatoms. The first-order valence-corrected chi connectivity index (χ1v) is 9.05. The minimum absolute atomic E-state index is 0.558. The zero-order valence-corrected chi connectivity index (χ0v) is 15.7. The standard InChI is InChI=1S/C15H31BrO7/c1-17-4-5-19-8-9-21-12-13-23-15-14-22-11-10-20-7-6-18-3-2-16/h2-15H2,1H3. The van der Waals surface area contributed by atoms with Crippen molar-refractivity contribution in [1.82, 2.24) is 0 Å². The quantitative estimate of drug-likeness (QED) is 0.223. The molecule has 0 spiro atoms. The lowest BCUT2D eigenvalue weighted by Gasteiger charge is -2.08. The van der Waals surface area contributed by atoms with Gasteiger partial charge in [-0.05, 0) is 0 Å². The van der Waals surface area contributed by atoms with E-state index in [0.29, 0.717) is 85.9 Å². The van der Waals surface area contributed by atoms with E-state index in [1.54, 1.807) is 7.11 Å². The molecule has 0 aliphatic heterocycles. The van der Waals surface area contributed by atoms with E-state index >= 15 is 0 Å². The van der Waals surface area contributed by atoms with Gasteiger partial charge in [0.25, 0.3) is 0 Å². The normalized spacial score (nSPS) is 11.2. The zero-order chi connectivity index (χ0) is 16.8. The Labute approximate surface area is 148 Å². The van der Waals surface area contributed by atoms with Gasteiger partial charge in [-0.3, -0.25) is 0 Å². The molecule has 0 saturated heterocycles. The minimum Gasteiger partial charge on any atom is -0.382 e. The average molecular weight is 403 g/mol. The van der Waals surface area contributed by atoms with Crippen LogP contribution < -0.4 is 0 Å². The number of halogens is 1. The van der Waals surface area contributed by atoms with E-state index in [-0.39, 0.29) is 0 Å². The number of ether oxygens (including phenoxy) is 7. The smallest absolute Gasteiger partial charge is 0.0701 e. The fraction of sp³-hybridized carbons (Fsp3) is 1.00. The van der Waals surface area contributed by atoms with Crippen molar-refractivity contribution < 1.29 is 33.2 Å². The number of methoxy groups -OCH3 is 1. The van der Waals surface area contributed by atoms with Crippen LogP contribution in [0.1, 0.15) is 0 Å². The predicted octanol–water partition coefficient (Wildman–Crippen LogP) is 1.13. The van der Waals surface area contributed by atoms with Crippen LogP contribution in [0.2, 0.25) is 0 Å². The molecule has 0 amide bonds. The second-order valence-corrected chi connectivity index (χ2v) is 5.15. The summed E-state index contributed by atoms with van der Waals surface area (Å²) in [5, 5.41) is 0.851. The Kier molecular flexibility index (Phi) is 22.4. The van der Waals surface area contributed by atoms with E-state index in [2.05, 4.69) is 15.9 Å². The average Bonchev–Trinajstić information content (AvgIpc) is 2.57. The van der Waals surface area contributed by atoms with Gasteiger partial charge < -0.3 is 33.2 Å². The number of rotatable bonds is 20. The Morgan fingerprint density at radius 2 is 0.696 bits per heavy atom. The molecular weight excluding hydrogens is 372 g/mol. The Bertz CT molecular complexity index is 190. The largest absolute Gasteiger partial charge is 0.382 e. The summed E-state index contributed by atoms with van der Waals surface area (Å²) in [4.78, 5) is 0. The third kappa shape index (κ3) is 22.2. The van der Waals surface area contributed by atoms with E-state index in [4.69, 9.17) is 33.2 Å². The molecule has 0 aromatic carbocycles. The van der Waals surface area contributed by atoms with Crippen molar-refractivity contribution in [2.45, 2.75) is 0 Å². The maximum Gasteiger partial charge on any atom is 0.0701 e. The second-order valence-electron chi connectivity index (χ2n) is 4.36. The molecule has 0 atom stereocenters. The molecule has 0 fully saturated rings. The van der Waals surface area contributed by atoms with Crippen molar-refractivity contribution in [1.29, 1.82) is 0 Å². The number of hydrogen-bond donors (Lipinski definition) is 0. The number of hydrogen-bond acceptors (Lipinski definition) is 7. The molecule has 0 bridgehead atoms. The molecule has 0 aliphatic rings. The Balaban J connectivity index is 2.92. The lowest BCUT2D eigenvalue weighted by atomic mass is 10.7. The summed E-state index contributed by atoms with van der Waals surface area (Å²) in [6, 6.07) is 0. The van der Waals surface area contributed by atoms with Gasteiger partial charge in [0.2, 0.25) is 0 Å². The van der Waals surface area contributed by atoms with Crippen LogP contribution in [0.25, 0.3) is 0 Å². The molecule has 0 saturated carbocycles. The molecule has 0 aliphatic carbocycles. The van der Waals surface area contributed by atoms with Crippen molar-refractivity contribution in [3.63, 3.8) is 0 Å². The second kappa shape index (κ2) is 22.2. The van der Waals surface area contributed by atoms with Crippen molar-refractivity contribution in [2.24, 2.45) is 0 Å². The van der Waals surface area contributed by atoms with Crippen molar-refractivity contribution in [2.75, 3.05) is 98.3 Å². The van der Waals surface area contributed by atoms with Crippen LogP contribution in [0.5, 0.6) is 0 Å². The topological polar surface area (TPSA) is 64.6 Å². The molecular formula is C15H31BrO7. The highest BCUT2D eigenvalue weighted by Crippen LogP contribution is 1.85. The zero-order valence-electron chi connectivity index (χ0n) is 14.1. The summed E-state index contributed by atoms with van der Waals surface area (Å²) in [5.74, 6) is 0. The fourth-order valence-electron chi connectivity index (χ4n) is 1.40. The first-order valence-electron chi connectivity index (χ1n) is 7.93. The number of alkyl halides is 1. The van der Waals surface area contributed by atoms with Gasteiger partial charge in [-0.15, -0.1) is 0 Å². The maximum atomic E-state index is 5.37. The highest BCUT2D eigenvalue weighted by atomic mass is 79.9. The maximum absolute atomic E-state index is 5.37. The summed E-state index contributed by atoms with van der Waals surface area (Å²) in [6.45, 7) is 7.65. The lowest BCUT2D eigenvalue weighted by molar-refractivity contribution is -0.0185. The minimum atomic E-state index is 0.558. The molecule has 0 aromatic rings. The monoisotopic (exact) mass is 402 g/mol. The molecule has 0 heterocycles. The fourth-order valence-corrected chi connectivity index (χ4v) is 1.63. The van der Waals surface area contributed by atoms with Crippen molar-refractivity contribution in [3.8, 4) is 0 Å². The first-order chi connectivity index (χ1) is 11.4. The van der Waals surface area contributed by atoms with E-state index < -0.39 is 0 Å². The highest BCUT2D eigenvalue weighted by Gasteiger charge is 1.93. The molecule has 0 aromatic heterocycles. The van der Waals surface area contributed by atoms with Gasteiger partial charge in [0.1, 0.15) is 0 Å². The summed E-state index contributed by atoms with van der Waals surface area (Å²) in [6.07, 6.45) is 0. The first kappa shape index (κ1) is 23.2. The van der Waals surface area contributed by atoms with Crippen LogP contribution in [0, 0.1) is 0 Å². The molecule has 0 N–H and O–H groups in total. The third-order valence-corrected chi connectivity index (χ3v) is 2.84. The molecule has 0 rings (SSSR count). The molecule has 23 heavy (non-hydrogen) atoms. The molecule has 0 unspecified atom stereocenters. The summed E-state index contributed by atoms with van der Waals surface area (Å²) < 4.78 is 36.8. The van der Waals surface area contributed by atoms with Crippen molar-refractivity contribution >= 4 is 15.9 Å². The summed E-state index contributed by atoms with van der Waals surface area (Å²) in [7, 11) is 1.65. The van der Waals surface area contributed by atoms with Gasteiger partial charge in [-0.1, -0.05) is 15.9 Å². The molecule has 140 valence electrons. The molecule has 7 nitrogen and oxygen atoms in total. The van der Waals surface area contributed by atoms with Gasteiger partial charge in [0.05, 0.1) is 85.9 Å². The molecule has 0 radical (unpaired) electrons. The van der Waals surface area contributed by atoms with Crippen LogP contribution in [0.15, 0.2) is 0 Å². The van der Waals surface area contributed by atoms with Gasteiger partial charge in [-0.2, -0.15) is 0 Å². The lowest BCUT2D eigenvalue weighted by Crippen LogP contribution is -2.14. The van der Waals surface area contributed by atoms with Crippen LogP contribution in [0.3, 0.4) is 0 Å². The van der Waals surface area contributed by atoms with Crippen LogP contribution in [0.4, 0.5) is 0 Å². The van der Waals surface area contributed by atoms with Gasteiger partial charge >= 0.3 is 0 Å². The van der Waals surface area contributed by atoms with E-state index in [0.717, 1.165) is 5.33 Å². The Morgan fingerprint density at radius 1 is 0.435 bits per heavy atom. The van der Waals surface area contributed by atoms with Gasteiger partial charge in [0, 0.05) is 12.4 Å². The van der Waals surface area contributed by atoms with E-state index in [9.17, 15) is 0 Å². The Hall–Kier alpha value is 0.200. The Morgan fingerprint density at radius 3 is 0.957 bits per heavy atom. The van der Waals surface area contributed by atoms with Gasteiger partial charge in [-0.25, -0.2) is 0 Å². The van der Waals surface area contributed by atoms with Crippen LogP contribution in [-0.4, -0.2) is 98.3 Å². The van der Waals surface area contributed by atoms with E-state index in [1.807, 2.05) is 0 Å². The SMILES string of the molecule is COCCOCCOCCOCCOCCOCCOCCBr. The van der Waals surface area contributed by atoms with Crippen molar-refractivity contribution in [3.05, 3.63) is 0 Å². The summed E-state index contributed by atoms with van der Waals surface area (Å²) >= 11 is 3.29. The third-order valence-electron chi connectivity index (χ3n) is 2.51. The van der Waals surface area contributed by atoms with Crippen LogP contribution >= 0.6 is 15.9 Å². The predicted molar refractivity (Wildman–Crippen MR) is 90.6 cm³/mol. The summed E-state index contributed by atoms with van der Waals surface area (Å²) in [5.41, 5.74) is 0.